The molecule has 0 saturated carbocycles. The van der Waals surface area contributed by atoms with Gasteiger partial charge in [-0.1, -0.05) is 17.7 Å². The zero-order chi connectivity index (χ0) is 21.2. The number of ether oxygens (including phenoxy) is 1. The molecule has 2 aromatic rings. The zero-order valence-electron chi connectivity index (χ0n) is 15.4. The van der Waals surface area contributed by atoms with E-state index < -0.39 is 14.9 Å². The summed E-state index contributed by atoms with van der Waals surface area (Å²) in [6, 6.07) is 9.92. The largest absolute Gasteiger partial charge is 0.495 e. The highest BCUT2D eigenvalue weighted by Gasteiger charge is 2.33. The normalized spacial score (nSPS) is 15.2. The first-order valence-corrected chi connectivity index (χ1v) is 10.4. The van der Waals surface area contributed by atoms with E-state index in [1.807, 2.05) is 0 Å². The van der Waals surface area contributed by atoms with Crippen molar-refractivity contribution < 1.29 is 22.9 Å². The number of carbonyl (C=O) groups excluding carboxylic acids is 1. The summed E-state index contributed by atoms with van der Waals surface area (Å²) in [6.07, 6.45) is 0. The Hall–Kier alpha value is -2.69. The summed E-state index contributed by atoms with van der Waals surface area (Å²) in [7, 11) is -2.69. The van der Waals surface area contributed by atoms with Crippen LogP contribution >= 0.6 is 11.6 Å². The molecule has 0 aliphatic carbocycles. The lowest BCUT2D eigenvalue weighted by atomic mass is 10.2. The molecule has 1 heterocycles. The van der Waals surface area contributed by atoms with Gasteiger partial charge in [0.05, 0.1) is 18.1 Å². The van der Waals surface area contributed by atoms with Crippen molar-refractivity contribution in [3.8, 4) is 5.75 Å². The second kappa shape index (κ2) is 8.36. The predicted octanol–water partition coefficient (Wildman–Crippen LogP) is 2.40. The number of rotatable bonds is 5. The lowest BCUT2D eigenvalue weighted by Gasteiger charge is -2.34. The second-order valence-corrected chi connectivity index (χ2v) is 8.64. The Morgan fingerprint density at radius 3 is 2.41 bits per heavy atom. The first kappa shape index (κ1) is 21.0. The number of nitrogens with zero attached hydrogens (tertiary/aromatic N) is 3. The van der Waals surface area contributed by atoms with Crippen LogP contribution in [0.25, 0.3) is 0 Å². The van der Waals surface area contributed by atoms with Crippen LogP contribution in [-0.4, -0.2) is 61.7 Å². The van der Waals surface area contributed by atoms with E-state index in [-0.39, 0.29) is 48.4 Å². The molecule has 2 aromatic carbocycles. The van der Waals surface area contributed by atoms with Crippen molar-refractivity contribution in [2.45, 2.75) is 4.90 Å². The molecular weight excluding hydrogens is 422 g/mol. The van der Waals surface area contributed by atoms with Gasteiger partial charge in [0.25, 0.3) is 11.6 Å². The van der Waals surface area contributed by atoms with Crippen LogP contribution in [0.15, 0.2) is 47.4 Å². The number of amides is 1. The van der Waals surface area contributed by atoms with Gasteiger partial charge in [0.15, 0.2) is 0 Å². The molecule has 9 nitrogen and oxygen atoms in total. The molecule has 11 heteroatoms. The molecule has 0 unspecified atom stereocenters. The predicted molar refractivity (Wildman–Crippen MR) is 106 cm³/mol. The number of hydrogen-bond acceptors (Lipinski definition) is 6. The molecule has 29 heavy (non-hydrogen) atoms. The molecular formula is C18H18ClN3O6S. The number of non-ortho nitro benzene ring substituents is 1. The summed E-state index contributed by atoms with van der Waals surface area (Å²) in [4.78, 5) is 24.3. The highest BCUT2D eigenvalue weighted by Crippen LogP contribution is 2.31. The second-order valence-electron chi connectivity index (χ2n) is 6.30. The molecule has 0 aromatic heterocycles. The Morgan fingerprint density at radius 1 is 1.14 bits per heavy atom. The summed E-state index contributed by atoms with van der Waals surface area (Å²) >= 11 is 5.93. The monoisotopic (exact) mass is 439 g/mol. The van der Waals surface area contributed by atoms with Crippen LogP contribution in [0.4, 0.5) is 5.69 Å². The fourth-order valence-electron chi connectivity index (χ4n) is 3.06. The van der Waals surface area contributed by atoms with Gasteiger partial charge < -0.3 is 9.64 Å². The van der Waals surface area contributed by atoms with Gasteiger partial charge >= 0.3 is 0 Å². The van der Waals surface area contributed by atoms with Crippen LogP contribution in [0.1, 0.15) is 10.4 Å². The van der Waals surface area contributed by atoms with Gasteiger partial charge in [-0.05, 0) is 24.3 Å². The standard InChI is InChI=1S/C18H18ClN3O6S/c1-28-16-12-15(22(24)25)5-6-17(16)29(26,27)21-9-7-20(8-10-21)18(23)13-3-2-4-14(19)11-13/h2-6,11-12H,7-10H2,1H3. The summed E-state index contributed by atoms with van der Waals surface area (Å²) in [5.41, 5.74) is 0.170. The maximum Gasteiger partial charge on any atom is 0.273 e. The Bertz CT molecular complexity index is 1050. The topological polar surface area (TPSA) is 110 Å². The number of halogens is 1. The van der Waals surface area contributed by atoms with Crippen LogP contribution in [0, 0.1) is 10.1 Å². The van der Waals surface area contributed by atoms with Crippen molar-refractivity contribution in [3.63, 3.8) is 0 Å². The van der Waals surface area contributed by atoms with Gasteiger partial charge in [0, 0.05) is 42.8 Å². The maximum atomic E-state index is 13.0. The zero-order valence-corrected chi connectivity index (χ0v) is 17.0. The number of sulfonamides is 1. The fourth-order valence-corrected chi connectivity index (χ4v) is 4.81. The Balaban J connectivity index is 1.76. The van der Waals surface area contributed by atoms with Crippen LogP contribution in [0.5, 0.6) is 5.75 Å². The summed E-state index contributed by atoms with van der Waals surface area (Å²) in [6.45, 7) is 0.601. The minimum Gasteiger partial charge on any atom is -0.495 e. The average molecular weight is 440 g/mol. The van der Waals surface area contributed by atoms with Gasteiger partial charge in [-0.3, -0.25) is 14.9 Å². The van der Waals surface area contributed by atoms with E-state index in [0.29, 0.717) is 10.6 Å². The third-order valence-corrected chi connectivity index (χ3v) is 6.75. The Morgan fingerprint density at radius 2 is 1.83 bits per heavy atom. The summed E-state index contributed by atoms with van der Waals surface area (Å²) in [5.74, 6) is -0.325. The van der Waals surface area contributed by atoms with E-state index in [0.717, 1.165) is 18.2 Å². The van der Waals surface area contributed by atoms with Crippen molar-refractivity contribution in [2.75, 3.05) is 33.3 Å². The average Bonchev–Trinajstić information content (AvgIpc) is 2.72. The molecule has 1 aliphatic heterocycles. The molecule has 0 radical (unpaired) electrons. The maximum absolute atomic E-state index is 13.0. The number of piperazine rings is 1. The minimum atomic E-state index is -3.94. The molecule has 1 saturated heterocycles. The van der Waals surface area contributed by atoms with Crippen LogP contribution in [0.3, 0.4) is 0 Å². The van der Waals surface area contributed by atoms with Crippen molar-refractivity contribution in [3.05, 3.63) is 63.2 Å². The number of benzene rings is 2. The van der Waals surface area contributed by atoms with Gasteiger partial charge in [-0.15, -0.1) is 0 Å². The molecule has 0 bridgehead atoms. The van der Waals surface area contributed by atoms with E-state index in [1.54, 1.807) is 29.2 Å². The van der Waals surface area contributed by atoms with Gasteiger partial charge in [-0.2, -0.15) is 4.31 Å². The molecule has 3 rings (SSSR count). The quantitative estimate of drug-likeness (QED) is 0.522. The molecule has 1 fully saturated rings. The third-order valence-electron chi connectivity index (χ3n) is 4.57. The molecule has 1 amide bonds. The van der Waals surface area contributed by atoms with E-state index in [1.165, 1.54) is 11.4 Å². The first-order chi connectivity index (χ1) is 13.7. The van der Waals surface area contributed by atoms with Crippen molar-refractivity contribution >= 4 is 33.2 Å². The Labute approximate surface area is 172 Å². The number of hydrogen-bond donors (Lipinski definition) is 0. The molecule has 154 valence electrons. The number of methoxy groups -OCH3 is 1. The lowest BCUT2D eigenvalue weighted by Crippen LogP contribution is -2.50. The summed E-state index contributed by atoms with van der Waals surface area (Å²) in [5, 5.41) is 11.4. The SMILES string of the molecule is COc1cc([N+](=O)[O-])ccc1S(=O)(=O)N1CCN(C(=O)c2cccc(Cl)c2)CC1. The Kier molecular flexibility index (Phi) is 6.06. The lowest BCUT2D eigenvalue weighted by molar-refractivity contribution is -0.385. The first-order valence-electron chi connectivity index (χ1n) is 8.61. The number of nitro groups is 1. The highest BCUT2D eigenvalue weighted by molar-refractivity contribution is 7.89. The molecule has 0 atom stereocenters. The number of carbonyl (C=O) groups is 1. The molecule has 1 aliphatic rings. The van der Waals surface area contributed by atoms with Crippen molar-refractivity contribution in [1.29, 1.82) is 0 Å². The summed E-state index contributed by atoms with van der Waals surface area (Å²) < 4.78 is 32.3. The smallest absolute Gasteiger partial charge is 0.273 e. The van der Waals surface area contributed by atoms with Crippen molar-refractivity contribution in [2.24, 2.45) is 0 Å². The van der Waals surface area contributed by atoms with Crippen LogP contribution in [-0.2, 0) is 10.0 Å². The van der Waals surface area contributed by atoms with Crippen LogP contribution < -0.4 is 4.74 Å². The fraction of sp³-hybridized carbons (Fsp3) is 0.278. The minimum absolute atomic E-state index is 0.0920. The number of nitro benzene ring substituents is 1. The third kappa shape index (κ3) is 4.34. The highest BCUT2D eigenvalue weighted by atomic mass is 35.5. The van der Waals surface area contributed by atoms with Gasteiger partial charge in [0.2, 0.25) is 10.0 Å². The van der Waals surface area contributed by atoms with E-state index in [4.69, 9.17) is 16.3 Å². The molecule has 0 N–H and O–H groups in total. The van der Waals surface area contributed by atoms with Gasteiger partial charge in [-0.25, -0.2) is 8.42 Å². The van der Waals surface area contributed by atoms with E-state index >= 15 is 0 Å². The van der Waals surface area contributed by atoms with E-state index in [9.17, 15) is 23.3 Å². The van der Waals surface area contributed by atoms with Crippen LogP contribution in [0.2, 0.25) is 5.02 Å². The molecule has 0 spiro atoms. The van der Waals surface area contributed by atoms with E-state index in [2.05, 4.69) is 0 Å². The van der Waals surface area contributed by atoms with Crippen molar-refractivity contribution in [1.82, 2.24) is 9.21 Å². The van der Waals surface area contributed by atoms with Gasteiger partial charge in [0.1, 0.15) is 10.6 Å².